The number of halogens is 1. The maximum atomic E-state index is 11.9. The van der Waals surface area contributed by atoms with Gasteiger partial charge in [-0.3, -0.25) is 4.79 Å². The van der Waals surface area contributed by atoms with Crippen LogP contribution in [0.2, 0.25) is 5.02 Å². The van der Waals surface area contributed by atoms with E-state index in [0.717, 1.165) is 19.1 Å². The van der Waals surface area contributed by atoms with Crippen LogP contribution in [0.25, 0.3) is 0 Å². The van der Waals surface area contributed by atoms with Crippen molar-refractivity contribution in [1.29, 1.82) is 0 Å². The molecular formula is C14H21ClN2O3S. The molecule has 0 heterocycles. The Kier molecular flexibility index (Phi) is 7.14. The second kappa shape index (κ2) is 8.36. The van der Waals surface area contributed by atoms with Crippen LogP contribution in [0.5, 0.6) is 0 Å². The summed E-state index contributed by atoms with van der Waals surface area (Å²) in [4.78, 5) is 11.9. The van der Waals surface area contributed by atoms with Gasteiger partial charge in [0.25, 0.3) is 0 Å². The highest BCUT2D eigenvalue weighted by Crippen LogP contribution is 2.20. The summed E-state index contributed by atoms with van der Waals surface area (Å²) in [7, 11) is -3.42. The molecule has 0 unspecified atom stereocenters. The molecule has 1 rings (SSSR count). The molecule has 2 N–H and O–H groups in total. The zero-order valence-electron chi connectivity index (χ0n) is 12.2. The molecule has 21 heavy (non-hydrogen) atoms. The lowest BCUT2D eigenvalue weighted by atomic mass is 10.0. The predicted molar refractivity (Wildman–Crippen MR) is 84.7 cm³/mol. The van der Waals surface area contributed by atoms with Gasteiger partial charge < -0.3 is 5.32 Å². The van der Waals surface area contributed by atoms with Crippen LogP contribution in [0.4, 0.5) is 0 Å². The largest absolute Gasteiger partial charge is 0.356 e. The van der Waals surface area contributed by atoms with Crippen LogP contribution >= 0.6 is 11.6 Å². The maximum Gasteiger partial charge on any atom is 0.221 e. The molecular weight excluding hydrogens is 312 g/mol. The zero-order chi connectivity index (χ0) is 15.9. The van der Waals surface area contributed by atoms with E-state index in [4.69, 9.17) is 11.6 Å². The molecule has 0 bridgehead atoms. The van der Waals surface area contributed by atoms with Gasteiger partial charge in [0.1, 0.15) is 0 Å². The summed E-state index contributed by atoms with van der Waals surface area (Å²) in [5, 5.41) is 3.34. The molecule has 7 heteroatoms. The van der Waals surface area contributed by atoms with Crippen molar-refractivity contribution >= 4 is 27.5 Å². The molecule has 0 aliphatic rings. The number of hydrogen-bond donors (Lipinski definition) is 2. The molecule has 0 spiro atoms. The Labute approximate surface area is 131 Å². The molecule has 1 aromatic rings. The molecule has 5 nitrogen and oxygen atoms in total. The molecule has 1 aromatic carbocycles. The normalized spacial score (nSPS) is 12.9. The van der Waals surface area contributed by atoms with Crippen LogP contribution in [0.1, 0.15) is 37.8 Å². The lowest BCUT2D eigenvalue weighted by molar-refractivity contribution is -0.121. The highest BCUT2D eigenvalue weighted by molar-refractivity contribution is 7.88. The SMILES string of the molecule is CCCCNC(=O)C[C@@H](NS(C)(=O)=O)c1ccc(Cl)cc1. The van der Waals surface area contributed by atoms with Crippen molar-refractivity contribution in [3.05, 3.63) is 34.9 Å². The Morgan fingerprint density at radius 3 is 2.43 bits per heavy atom. The number of amides is 1. The number of unbranched alkanes of at least 4 members (excludes halogenated alkanes) is 1. The van der Waals surface area contributed by atoms with E-state index in [1.54, 1.807) is 24.3 Å². The fraction of sp³-hybridized carbons (Fsp3) is 0.500. The number of sulfonamides is 1. The maximum absolute atomic E-state index is 11.9. The van der Waals surface area contributed by atoms with Gasteiger partial charge in [0.2, 0.25) is 15.9 Å². The average molecular weight is 333 g/mol. The van der Waals surface area contributed by atoms with E-state index in [1.165, 1.54) is 0 Å². The zero-order valence-corrected chi connectivity index (χ0v) is 13.8. The summed E-state index contributed by atoms with van der Waals surface area (Å²) >= 11 is 5.82. The van der Waals surface area contributed by atoms with Crippen molar-refractivity contribution in [3.63, 3.8) is 0 Å². The lowest BCUT2D eigenvalue weighted by Gasteiger charge is -2.18. The predicted octanol–water partition coefficient (Wildman–Crippen LogP) is 2.24. The smallest absolute Gasteiger partial charge is 0.221 e. The van der Waals surface area contributed by atoms with Crippen LogP contribution < -0.4 is 10.0 Å². The van der Waals surface area contributed by atoms with Gasteiger partial charge >= 0.3 is 0 Å². The van der Waals surface area contributed by atoms with E-state index in [0.29, 0.717) is 17.1 Å². The number of carbonyl (C=O) groups excluding carboxylic acids is 1. The molecule has 0 aliphatic carbocycles. The standard InChI is InChI=1S/C14H21ClN2O3S/c1-3-4-9-16-14(18)10-13(17-21(2,19)20)11-5-7-12(15)8-6-11/h5-8,13,17H,3-4,9-10H2,1-2H3,(H,16,18)/t13-/m1/s1. The second-order valence-electron chi connectivity index (χ2n) is 4.90. The Hall–Kier alpha value is -1.11. The number of carbonyl (C=O) groups is 1. The summed E-state index contributed by atoms with van der Waals surface area (Å²) in [6.07, 6.45) is 3.02. The van der Waals surface area contributed by atoms with Gasteiger partial charge in [-0.2, -0.15) is 0 Å². The lowest BCUT2D eigenvalue weighted by Crippen LogP contribution is -2.33. The summed E-state index contributed by atoms with van der Waals surface area (Å²) in [5.41, 5.74) is 0.704. The van der Waals surface area contributed by atoms with Gasteiger partial charge in [0.05, 0.1) is 12.3 Å². The Morgan fingerprint density at radius 2 is 1.90 bits per heavy atom. The highest BCUT2D eigenvalue weighted by Gasteiger charge is 2.19. The van der Waals surface area contributed by atoms with E-state index in [2.05, 4.69) is 10.0 Å². The van der Waals surface area contributed by atoms with E-state index in [-0.39, 0.29) is 12.3 Å². The first kappa shape index (κ1) is 17.9. The van der Waals surface area contributed by atoms with Gasteiger partial charge in [-0.25, -0.2) is 13.1 Å². The first-order valence-electron chi connectivity index (χ1n) is 6.81. The van der Waals surface area contributed by atoms with Gasteiger partial charge in [-0.15, -0.1) is 0 Å². The van der Waals surface area contributed by atoms with E-state index in [1.807, 2.05) is 6.92 Å². The third kappa shape index (κ3) is 7.45. The minimum absolute atomic E-state index is 0.0540. The van der Waals surface area contributed by atoms with Crippen LogP contribution in [-0.4, -0.2) is 27.1 Å². The molecule has 0 saturated carbocycles. The fourth-order valence-corrected chi connectivity index (χ4v) is 2.71. The molecule has 0 saturated heterocycles. The van der Waals surface area contributed by atoms with Crippen LogP contribution in [0.3, 0.4) is 0 Å². The van der Waals surface area contributed by atoms with Crippen LogP contribution in [0, 0.1) is 0 Å². The number of rotatable bonds is 8. The van der Waals surface area contributed by atoms with E-state index in [9.17, 15) is 13.2 Å². The van der Waals surface area contributed by atoms with Crippen LogP contribution in [0.15, 0.2) is 24.3 Å². The Bertz CT molecular complexity index is 558. The third-order valence-corrected chi connectivity index (χ3v) is 3.84. The Morgan fingerprint density at radius 1 is 1.29 bits per heavy atom. The monoisotopic (exact) mass is 332 g/mol. The van der Waals surface area contributed by atoms with Gasteiger partial charge in [-0.05, 0) is 24.1 Å². The molecule has 0 aromatic heterocycles. The van der Waals surface area contributed by atoms with Gasteiger partial charge in [0.15, 0.2) is 0 Å². The van der Waals surface area contributed by atoms with Crippen LogP contribution in [-0.2, 0) is 14.8 Å². The number of benzene rings is 1. The third-order valence-electron chi connectivity index (χ3n) is 2.87. The minimum Gasteiger partial charge on any atom is -0.356 e. The fourth-order valence-electron chi connectivity index (χ4n) is 1.84. The quantitative estimate of drug-likeness (QED) is 0.717. The highest BCUT2D eigenvalue weighted by atomic mass is 35.5. The van der Waals surface area contributed by atoms with Crippen molar-refractivity contribution in [1.82, 2.24) is 10.0 Å². The molecule has 0 radical (unpaired) electrons. The van der Waals surface area contributed by atoms with Gasteiger partial charge in [0, 0.05) is 18.0 Å². The molecule has 1 atom stereocenters. The van der Waals surface area contributed by atoms with Crippen molar-refractivity contribution in [2.45, 2.75) is 32.2 Å². The first-order chi connectivity index (χ1) is 9.81. The second-order valence-corrected chi connectivity index (χ2v) is 7.12. The summed E-state index contributed by atoms with van der Waals surface area (Å²) in [6, 6.07) is 6.17. The number of nitrogens with one attached hydrogen (secondary N) is 2. The number of hydrogen-bond acceptors (Lipinski definition) is 3. The summed E-state index contributed by atoms with van der Waals surface area (Å²) < 4.78 is 25.4. The van der Waals surface area contributed by atoms with Crippen molar-refractivity contribution in [2.24, 2.45) is 0 Å². The van der Waals surface area contributed by atoms with E-state index < -0.39 is 16.1 Å². The minimum atomic E-state index is -3.42. The first-order valence-corrected chi connectivity index (χ1v) is 9.08. The van der Waals surface area contributed by atoms with Crippen molar-refractivity contribution < 1.29 is 13.2 Å². The molecule has 0 fully saturated rings. The molecule has 118 valence electrons. The van der Waals surface area contributed by atoms with E-state index >= 15 is 0 Å². The topological polar surface area (TPSA) is 75.3 Å². The van der Waals surface area contributed by atoms with Crippen molar-refractivity contribution in [2.75, 3.05) is 12.8 Å². The molecule has 1 amide bonds. The summed E-state index contributed by atoms with van der Waals surface area (Å²) in [5.74, 6) is -0.181. The summed E-state index contributed by atoms with van der Waals surface area (Å²) in [6.45, 7) is 2.63. The molecule has 0 aliphatic heterocycles. The Balaban J connectivity index is 2.78. The van der Waals surface area contributed by atoms with Gasteiger partial charge in [-0.1, -0.05) is 37.1 Å². The van der Waals surface area contributed by atoms with Crippen molar-refractivity contribution in [3.8, 4) is 0 Å². The average Bonchev–Trinajstić information content (AvgIpc) is 2.37.